The molecule has 2 atom stereocenters. The monoisotopic (exact) mass is 350 g/mol. The van der Waals surface area contributed by atoms with Gasteiger partial charge in [0.15, 0.2) is 0 Å². The van der Waals surface area contributed by atoms with Crippen molar-refractivity contribution in [3.05, 3.63) is 23.8 Å². The smallest absolute Gasteiger partial charge is 0.130 e. The third-order valence-corrected chi connectivity index (χ3v) is 4.84. The second kappa shape index (κ2) is 9.38. The standard InChI is InChI=1S/C19H30N2O4/c20-7-8-21-13-17(22)19-12-14-11-16(5-6-18(14)25-19)24-10-9-23-15-3-1-2-4-15/h5-6,11,15,17,19,21-22H,1-4,7-10,12-13,20H2. The van der Waals surface area contributed by atoms with Gasteiger partial charge >= 0.3 is 0 Å². The molecule has 0 aromatic heterocycles. The molecule has 1 fully saturated rings. The fourth-order valence-electron chi connectivity index (χ4n) is 3.47. The van der Waals surface area contributed by atoms with Crippen molar-refractivity contribution < 1.29 is 19.3 Å². The van der Waals surface area contributed by atoms with E-state index >= 15 is 0 Å². The molecule has 25 heavy (non-hydrogen) atoms. The van der Waals surface area contributed by atoms with Gasteiger partial charge in [-0.25, -0.2) is 0 Å². The molecule has 3 rings (SSSR count). The van der Waals surface area contributed by atoms with Crippen LogP contribution in [0.4, 0.5) is 0 Å². The molecular formula is C19H30N2O4. The van der Waals surface area contributed by atoms with Crippen LogP contribution in [0, 0.1) is 0 Å². The van der Waals surface area contributed by atoms with Gasteiger partial charge in [-0.2, -0.15) is 0 Å². The van der Waals surface area contributed by atoms with Gasteiger partial charge in [-0.05, 0) is 31.0 Å². The van der Waals surface area contributed by atoms with Gasteiger partial charge in [0.1, 0.15) is 30.3 Å². The van der Waals surface area contributed by atoms with Crippen LogP contribution >= 0.6 is 0 Å². The summed E-state index contributed by atoms with van der Waals surface area (Å²) in [4.78, 5) is 0. The zero-order chi connectivity index (χ0) is 17.5. The number of nitrogens with one attached hydrogen (secondary N) is 1. The normalized spacial score (nSPS) is 21.1. The van der Waals surface area contributed by atoms with Crippen LogP contribution in [-0.4, -0.2) is 56.3 Å². The van der Waals surface area contributed by atoms with Crippen molar-refractivity contribution >= 4 is 0 Å². The van der Waals surface area contributed by atoms with Crippen LogP contribution in [0.1, 0.15) is 31.2 Å². The van der Waals surface area contributed by atoms with Crippen LogP contribution in [0.2, 0.25) is 0 Å². The van der Waals surface area contributed by atoms with Gasteiger partial charge in [-0.1, -0.05) is 12.8 Å². The first-order chi connectivity index (χ1) is 12.3. The highest BCUT2D eigenvalue weighted by molar-refractivity contribution is 5.43. The average molecular weight is 350 g/mol. The molecule has 2 unspecified atom stereocenters. The van der Waals surface area contributed by atoms with E-state index in [2.05, 4.69) is 5.32 Å². The fourth-order valence-corrected chi connectivity index (χ4v) is 3.47. The minimum atomic E-state index is -0.553. The van der Waals surface area contributed by atoms with Crippen LogP contribution in [0.25, 0.3) is 0 Å². The van der Waals surface area contributed by atoms with E-state index in [0.29, 0.717) is 45.4 Å². The average Bonchev–Trinajstić information content (AvgIpc) is 3.28. The molecule has 0 saturated heterocycles. The molecule has 1 saturated carbocycles. The van der Waals surface area contributed by atoms with Crippen molar-refractivity contribution in [3.8, 4) is 11.5 Å². The second-order valence-corrected chi connectivity index (χ2v) is 6.82. The maximum atomic E-state index is 10.2. The molecule has 1 aromatic rings. The Morgan fingerprint density at radius 3 is 2.92 bits per heavy atom. The lowest BCUT2D eigenvalue weighted by molar-refractivity contribution is 0.0382. The Labute approximate surface area is 149 Å². The first kappa shape index (κ1) is 18.5. The Kier molecular flexibility index (Phi) is 6.93. The quantitative estimate of drug-likeness (QED) is 0.551. The highest BCUT2D eigenvalue weighted by atomic mass is 16.5. The zero-order valence-electron chi connectivity index (χ0n) is 14.8. The lowest BCUT2D eigenvalue weighted by Crippen LogP contribution is -2.40. The minimum absolute atomic E-state index is 0.221. The molecule has 0 amide bonds. The van der Waals surface area contributed by atoms with Crippen molar-refractivity contribution in [1.29, 1.82) is 0 Å². The predicted molar refractivity (Wildman–Crippen MR) is 96.2 cm³/mol. The van der Waals surface area contributed by atoms with Crippen LogP contribution in [0.3, 0.4) is 0 Å². The molecule has 0 radical (unpaired) electrons. The maximum absolute atomic E-state index is 10.2. The number of ether oxygens (including phenoxy) is 3. The van der Waals surface area contributed by atoms with Crippen LogP contribution in [0.15, 0.2) is 18.2 Å². The van der Waals surface area contributed by atoms with Crippen molar-refractivity contribution in [3.63, 3.8) is 0 Å². The van der Waals surface area contributed by atoms with Gasteiger partial charge in [0.05, 0.1) is 12.7 Å². The van der Waals surface area contributed by atoms with E-state index < -0.39 is 6.10 Å². The lowest BCUT2D eigenvalue weighted by atomic mass is 10.1. The molecule has 1 heterocycles. The van der Waals surface area contributed by atoms with Gasteiger partial charge in [0.2, 0.25) is 0 Å². The van der Waals surface area contributed by atoms with E-state index in [1.807, 2.05) is 18.2 Å². The van der Waals surface area contributed by atoms with Gasteiger partial charge < -0.3 is 30.4 Å². The summed E-state index contributed by atoms with van der Waals surface area (Å²) in [5.41, 5.74) is 6.52. The van der Waals surface area contributed by atoms with E-state index in [9.17, 15) is 5.11 Å². The zero-order valence-corrected chi connectivity index (χ0v) is 14.8. The van der Waals surface area contributed by atoms with Crippen molar-refractivity contribution in [2.24, 2.45) is 5.73 Å². The molecule has 2 aliphatic rings. The number of benzene rings is 1. The molecule has 6 nitrogen and oxygen atoms in total. The first-order valence-electron chi connectivity index (χ1n) is 9.39. The molecule has 1 aliphatic heterocycles. The van der Waals surface area contributed by atoms with E-state index in [0.717, 1.165) is 17.1 Å². The van der Waals surface area contributed by atoms with E-state index in [1.165, 1.54) is 25.7 Å². The minimum Gasteiger partial charge on any atom is -0.491 e. The number of aliphatic hydroxyl groups is 1. The second-order valence-electron chi connectivity index (χ2n) is 6.82. The van der Waals surface area contributed by atoms with Crippen molar-refractivity contribution in [2.45, 2.75) is 50.4 Å². The van der Waals surface area contributed by atoms with Gasteiger partial charge in [-0.3, -0.25) is 0 Å². The molecule has 1 aliphatic carbocycles. The van der Waals surface area contributed by atoms with E-state index in [1.54, 1.807) is 0 Å². The first-order valence-corrected chi connectivity index (χ1v) is 9.39. The molecule has 6 heteroatoms. The van der Waals surface area contributed by atoms with Crippen molar-refractivity contribution in [2.75, 3.05) is 32.8 Å². The number of nitrogens with two attached hydrogens (primary N) is 1. The molecule has 140 valence electrons. The third kappa shape index (κ3) is 5.31. The fraction of sp³-hybridized carbons (Fsp3) is 0.684. The summed E-state index contributed by atoms with van der Waals surface area (Å²) in [5.74, 6) is 1.66. The van der Waals surface area contributed by atoms with Crippen molar-refractivity contribution in [1.82, 2.24) is 5.32 Å². The number of aliphatic hydroxyl groups excluding tert-OH is 1. The summed E-state index contributed by atoms with van der Waals surface area (Å²) in [6.45, 7) is 2.93. The summed E-state index contributed by atoms with van der Waals surface area (Å²) in [7, 11) is 0. The highest BCUT2D eigenvalue weighted by Gasteiger charge is 2.29. The Morgan fingerprint density at radius 2 is 2.12 bits per heavy atom. The van der Waals surface area contributed by atoms with E-state index in [-0.39, 0.29) is 6.10 Å². The van der Waals surface area contributed by atoms with Gasteiger partial charge in [0, 0.05) is 31.6 Å². The number of rotatable bonds is 10. The summed E-state index contributed by atoms with van der Waals surface area (Å²) < 4.78 is 17.5. The largest absolute Gasteiger partial charge is 0.491 e. The summed E-state index contributed by atoms with van der Waals surface area (Å²) in [6, 6.07) is 5.84. The maximum Gasteiger partial charge on any atom is 0.130 e. The van der Waals surface area contributed by atoms with Crippen LogP contribution < -0.4 is 20.5 Å². The van der Waals surface area contributed by atoms with Gasteiger partial charge in [0.25, 0.3) is 0 Å². The predicted octanol–water partition coefficient (Wildman–Crippen LogP) is 1.24. The highest BCUT2D eigenvalue weighted by Crippen LogP contribution is 2.33. The lowest BCUT2D eigenvalue weighted by Gasteiger charge is -2.18. The van der Waals surface area contributed by atoms with E-state index in [4.69, 9.17) is 19.9 Å². The molecule has 1 aromatic carbocycles. The number of hydrogen-bond acceptors (Lipinski definition) is 6. The summed E-state index contributed by atoms with van der Waals surface area (Å²) in [6.07, 6.45) is 5.27. The third-order valence-electron chi connectivity index (χ3n) is 4.84. The number of fused-ring (bicyclic) bond motifs is 1. The molecule has 4 N–H and O–H groups in total. The number of hydrogen-bond donors (Lipinski definition) is 3. The SMILES string of the molecule is NCCNCC(O)C1Cc2cc(OCCOC3CCCC3)ccc2O1. The topological polar surface area (TPSA) is 86.0 Å². The Morgan fingerprint density at radius 1 is 1.28 bits per heavy atom. The Bertz CT molecular complexity index is 534. The molecule has 0 bridgehead atoms. The Balaban J connectivity index is 1.41. The molecular weight excluding hydrogens is 320 g/mol. The van der Waals surface area contributed by atoms with Gasteiger partial charge in [-0.15, -0.1) is 0 Å². The summed E-state index contributed by atoms with van der Waals surface area (Å²) >= 11 is 0. The van der Waals surface area contributed by atoms with Crippen LogP contribution in [-0.2, 0) is 11.2 Å². The summed E-state index contributed by atoms with van der Waals surface area (Å²) in [5, 5.41) is 13.3. The Hall–Kier alpha value is -1.34. The molecule has 0 spiro atoms. The van der Waals surface area contributed by atoms with Crippen LogP contribution in [0.5, 0.6) is 11.5 Å².